The maximum absolute atomic E-state index is 11.2. The van der Waals surface area contributed by atoms with Crippen LogP contribution in [-0.4, -0.2) is 36.6 Å². The summed E-state index contributed by atoms with van der Waals surface area (Å²) in [6.45, 7) is 1.08. The van der Waals surface area contributed by atoms with Crippen LogP contribution in [0, 0.1) is 5.92 Å². The topological polar surface area (TPSA) is 86.6 Å². The molecule has 3 unspecified atom stereocenters. The summed E-state index contributed by atoms with van der Waals surface area (Å²) in [7, 11) is 0. The summed E-state index contributed by atoms with van der Waals surface area (Å²) in [5.74, 6) is -0.836. The normalized spacial score (nSPS) is 25.1. The Morgan fingerprint density at radius 3 is 2.43 bits per heavy atom. The lowest BCUT2D eigenvalue weighted by atomic mass is 9.80. The van der Waals surface area contributed by atoms with Crippen LogP contribution in [0.15, 0.2) is 24.3 Å². The SMILES string of the molecule is CC(=O)O.O=C(O)C1Nc2ccccc2C2CCCC12.[B]. The maximum Gasteiger partial charge on any atom is 0.326 e. The van der Waals surface area contributed by atoms with Crippen molar-refractivity contribution in [2.45, 2.75) is 38.1 Å². The fraction of sp³-hybridized carbons (Fsp3) is 0.467. The third-order valence-corrected chi connectivity index (χ3v) is 3.93. The molecule has 1 saturated carbocycles. The summed E-state index contributed by atoms with van der Waals surface area (Å²) < 4.78 is 0. The van der Waals surface area contributed by atoms with Crippen molar-refractivity contribution in [2.24, 2.45) is 5.92 Å². The number of hydrogen-bond acceptors (Lipinski definition) is 3. The van der Waals surface area contributed by atoms with E-state index in [0.717, 1.165) is 31.9 Å². The Morgan fingerprint density at radius 2 is 1.81 bits per heavy atom. The first kappa shape index (κ1) is 17.1. The first-order chi connectivity index (χ1) is 9.50. The zero-order valence-corrected chi connectivity index (χ0v) is 12.0. The van der Waals surface area contributed by atoms with Crippen molar-refractivity contribution in [1.82, 2.24) is 0 Å². The first-order valence-corrected chi connectivity index (χ1v) is 6.78. The molecule has 0 aromatic heterocycles. The lowest BCUT2D eigenvalue weighted by Crippen LogP contribution is -2.41. The van der Waals surface area contributed by atoms with Gasteiger partial charge in [-0.3, -0.25) is 4.79 Å². The van der Waals surface area contributed by atoms with E-state index >= 15 is 0 Å². The molecule has 1 fully saturated rings. The number of benzene rings is 1. The van der Waals surface area contributed by atoms with Gasteiger partial charge < -0.3 is 15.5 Å². The zero-order chi connectivity index (χ0) is 14.7. The molecule has 3 N–H and O–H groups in total. The fourth-order valence-corrected chi connectivity index (χ4v) is 3.25. The smallest absolute Gasteiger partial charge is 0.326 e. The quantitative estimate of drug-likeness (QED) is 0.689. The minimum atomic E-state index is -0.833. The summed E-state index contributed by atoms with van der Waals surface area (Å²) >= 11 is 0. The molecule has 0 amide bonds. The lowest BCUT2D eigenvalue weighted by Gasteiger charge is -2.34. The van der Waals surface area contributed by atoms with E-state index in [-0.39, 0.29) is 14.3 Å². The molecule has 1 aliphatic heterocycles. The Labute approximate surface area is 125 Å². The number of carbonyl (C=O) groups is 2. The number of carboxylic acids is 2. The van der Waals surface area contributed by atoms with Crippen LogP contribution >= 0.6 is 0 Å². The number of hydrogen-bond donors (Lipinski definition) is 3. The van der Waals surface area contributed by atoms with E-state index in [9.17, 15) is 9.90 Å². The summed E-state index contributed by atoms with van der Waals surface area (Å²) in [6.07, 6.45) is 3.31. The molecule has 0 bridgehead atoms. The summed E-state index contributed by atoms with van der Waals surface area (Å²) in [4.78, 5) is 20.2. The van der Waals surface area contributed by atoms with Crippen LogP contribution in [-0.2, 0) is 9.59 Å². The highest BCUT2D eigenvalue weighted by molar-refractivity contribution is 5.80. The van der Waals surface area contributed by atoms with Gasteiger partial charge in [-0.05, 0) is 36.3 Å². The highest BCUT2D eigenvalue weighted by Gasteiger charge is 2.42. The van der Waals surface area contributed by atoms with E-state index in [1.54, 1.807) is 0 Å². The Bertz CT molecular complexity index is 516. The van der Waals surface area contributed by atoms with Gasteiger partial charge in [-0.2, -0.15) is 0 Å². The molecular formula is C15H19BNO4. The number of fused-ring (bicyclic) bond motifs is 3. The average Bonchev–Trinajstić information content (AvgIpc) is 2.86. The lowest BCUT2D eigenvalue weighted by molar-refractivity contribution is -0.139. The monoisotopic (exact) mass is 288 g/mol. The van der Waals surface area contributed by atoms with Crippen LogP contribution < -0.4 is 5.32 Å². The molecule has 1 heterocycles. The Hall–Kier alpha value is -1.98. The van der Waals surface area contributed by atoms with Crippen LogP contribution in [0.25, 0.3) is 0 Å². The molecule has 1 aliphatic carbocycles. The van der Waals surface area contributed by atoms with Gasteiger partial charge in [0.25, 0.3) is 5.97 Å². The molecule has 5 nitrogen and oxygen atoms in total. The second-order valence-corrected chi connectivity index (χ2v) is 5.27. The number of nitrogens with one attached hydrogen (secondary N) is 1. The number of anilines is 1. The van der Waals surface area contributed by atoms with Crippen molar-refractivity contribution in [3.8, 4) is 0 Å². The molecular weight excluding hydrogens is 269 g/mol. The van der Waals surface area contributed by atoms with Crippen molar-refractivity contribution in [1.29, 1.82) is 0 Å². The van der Waals surface area contributed by atoms with Crippen LogP contribution in [0.5, 0.6) is 0 Å². The standard InChI is InChI=1S/C13H15NO2.C2H4O2.B/c15-13(16)12-10-6-3-5-8(10)9-4-1-2-7-11(9)14-12;1-2(3)4;/h1-2,4,7-8,10,12,14H,3,5-6H2,(H,15,16);1H3,(H,3,4);. The van der Waals surface area contributed by atoms with Gasteiger partial charge in [-0.25, -0.2) is 4.79 Å². The molecule has 3 radical (unpaired) electrons. The fourth-order valence-electron chi connectivity index (χ4n) is 3.25. The summed E-state index contributed by atoms with van der Waals surface area (Å²) in [5, 5.41) is 19.8. The van der Waals surface area contributed by atoms with Gasteiger partial charge in [0.15, 0.2) is 0 Å². The van der Waals surface area contributed by atoms with E-state index < -0.39 is 18.0 Å². The van der Waals surface area contributed by atoms with Gasteiger partial charge in [-0.15, -0.1) is 0 Å². The highest BCUT2D eigenvalue weighted by Crippen LogP contribution is 2.47. The summed E-state index contributed by atoms with van der Waals surface area (Å²) in [6, 6.07) is 7.71. The van der Waals surface area contributed by atoms with Crippen molar-refractivity contribution in [2.75, 3.05) is 5.32 Å². The maximum atomic E-state index is 11.2. The highest BCUT2D eigenvalue weighted by atomic mass is 16.4. The third-order valence-electron chi connectivity index (χ3n) is 3.93. The second-order valence-electron chi connectivity index (χ2n) is 5.27. The van der Waals surface area contributed by atoms with Gasteiger partial charge in [-0.1, -0.05) is 24.6 Å². The Balaban J connectivity index is 0.000000397. The predicted octanol–water partition coefficient (Wildman–Crippen LogP) is 2.16. The number of aliphatic carboxylic acids is 2. The van der Waals surface area contributed by atoms with Gasteiger partial charge in [0.05, 0.1) is 0 Å². The molecule has 111 valence electrons. The largest absolute Gasteiger partial charge is 0.481 e. The number of carboxylic acid groups (broad SMARTS) is 2. The van der Waals surface area contributed by atoms with E-state index in [1.807, 2.05) is 18.2 Å². The molecule has 3 rings (SSSR count). The van der Waals surface area contributed by atoms with Crippen molar-refractivity contribution >= 4 is 26.0 Å². The molecule has 3 atom stereocenters. The van der Waals surface area contributed by atoms with Gasteiger partial charge >= 0.3 is 5.97 Å². The van der Waals surface area contributed by atoms with Crippen LogP contribution in [0.1, 0.15) is 37.7 Å². The molecule has 1 aromatic rings. The van der Waals surface area contributed by atoms with E-state index in [4.69, 9.17) is 9.90 Å². The second kappa shape index (κ2) is 7.15. The summed E-state index contributed by atoms with van der Waals surface area (Å²) in [5.41, 5.74) is 2.32. The van der Waals surface area contributed by atoms with Crippen LogP contribution in [0.4, 0.5) is 5.69 Å². The van der Waals surface area contributed by atoms with E-state index in [0.29, 0.717) is 5.92 Å². The van der Waals surface area contributed by atoms with Crippen molar-refractivity contribution in [3.63, 3.8) is 0 Å². The predicted molar refractivity (Wildman–Crippen MR) is 80.6 cm³/mol. The molecule has 0 spiro atoms. The minimum Gasteiger partial charge on any atom is -0.481 e. The third kappa shape index (κ3) is 3.77. The molecule has 1 aromatic carbocycles. The van der Waals surface area contributed by atoms with Crippen LogP contribution in [0.3, 0.4) is 0 Å². The van der Waals surface area contributed by atoms with Crippen LogP contribution in [0.2, 0.25) is 0 Å². The molecule has 2 aliphatic rings. The minimum absolute atomic E-state index is 0. The van der Waals surface area contributed by atoms with Gasteiger partial charge in [0.1, 0.15) is 6.04 Å². The Morgan fingerprint density at radius 1 is 1.19 bits per heavy atom. The first-order valence-electron chi connectivity index (χ1n) is 6.78. The molecule has 0 saturated heterocycles. The number of para-hydroxylation sites is 1. The van der Waals surface area contributed by atoms with Crippen molar-refractivity contribution < 1.29 is 19.8 Å². The number of rotatable bonds is 1. The van der Waals surface area contributed by atoms with Gasteiger partial charge in [0, 0.05) is 21.0 Å². The van der Waals surface area contributed by atoms with E-state index in [1.165, 1.54) is 5.56 Å². The zero-order valence-electron chi connectivity index (χ0n) is 12.0. The average molecular weight is 288 g/mol. The Kier molecular flexibility index (Phi) is 5.82. The van der Waals surface area contributed by atoms with E-state index in [2.05, 4.69) is 11.4 Å². The van der Waals surface area contributed by atoms with Gasteiger partial charge in [0.2, 0.25) is 0 Å². The molecule has 21 heavy (non-hydrogen) atoms. The van der Waals surface area contributed by atoms with Crippen molar-refractivity contribution in [3.05, 3.63) is 29.8 Å². The molecule has 6 heteroatoms.